The summed E-state index contributed by atoms with van der Waals surface area (Å²) < 4.78 is 28.1. The molecule has 0 aromatic heterocycles. The Morgan fingerprint density at radius 2 is 2.10 bits per heavy atom. The molecule has 0 heterocycles. The molecule has 3 N–H and O–H groups in total. The van der Waals surface area contributed by atoms with E-state index in [1.165, 1.54) is 6.07 Å². The smallest absolute Gasteiger partial charge is 0.238 e. The van der Waals surface area contributed by atoms with Crippen LogP contribution < -0.4 is 15.2 Å². The molecule has 0 bridgehead atoms. The Kier molecular flexibility index (Phi) is 3.97. The number of nitrogens with two attached hydrogens (primary N) is 1. The molecule has 0 saturated heterocycles. The molecule has 5 nitrogen and oxygen atoms in total. The number of ether oxygens (including phenoxy) is 1. The summed E-state index contributed by atoms with van der Waals surface area (Å²) in [6, 6.07) is 4.95. The first-order valence-corrected chi connectivity index (χ1v) is 8.23. The lowest BCUT2D eigenvalue weighted by Gasteiger charge is -2.20. The monoisotopic (exact) mass is 298 g/mol. The second-order valence-corrected chi connectivity index (χ2v) is 7.72. The number of benzene rings is 1. The van der Waals surface area contributed by atoms with Crippen LogP contribution in [0.5, 0.6) is 5.75 Å². The maximum atomic E-state index is 11.4. The minimum atomic E-state index is -3.70. The van der Waals surface area contributed by atoms with Gasteiger partial charge in [0.2, 0.25) is 10.0 Å². The highest BCUT2D eigenvalue weighted by atomic mass is 32.2. The lowest BCUT2D eigenvalue weighted by molar-refractivity contribution is 0.378. The largest absolute Gasteiger partial charge is 0.495 e. The van der Waals surface area contributed by atoms with Crippen LogP contribution in [0.4, 0.5) is 5.69 Å². The summed E-state index contributed by atoms with van der Waals surface area (Å²) in [6.45, 7) is 4.49. The highest BCUT2D eigenvalue weighted by Crippen LogP contribution is 2.39. The molecule has 0 radical (unpaired) electrons. The predicted octanol–water partition coefficient (Wildman–Crippen LogP) is 2.33. The Balaban J connectivity index is 2.26. The first kappa shape index (κ1) is 15.1. The normalized spacial score (nSPS) is 21.7. The van der Waals surface area contributed by atoms with Gasteiger partial charge in [0.05, 0.1) is 17.7 Å². The van der Waals surface area contributed by atoms with Gasteiger partial charge in [0, 0.05) is 6.04 Å². The van der Waals surface area contributed by atoms with E-state index < -0.39 is 10.0 Å². The van der Waals surface area contributed by atoms with Crippen LogP contribution in [-0.2, 0) is 10.0 Å². The number of sulfonamides is 1. The molecule has 1 atom stereocenters. The molecule has 1 aliphatic rings. The minimum absolute atomic E-state index is 0.0954. The van der Waals surface area contributed by atoms with Crippen molar-refractivity contribution in [1.29, 1.82) is 0 Å². The van der Waals surface area contributed by atoms with E-state index in [9.17, 15) is 8.42 Å². The van der Waals surface area contributed by atoms with E-state index in [4.69, 9.17) is 9.88 Å². The summed E-state index contributed by atoms with van der Waals surface area (Å²) in [5.74, 6) is 0.627. The van der Waals surface area contributed by atoms with Gasteiger partial charge in [-0.15, -0.1) is 0 Å². The molecule has 2 rings (SSSR count). The van der Waals surface area contributed by atoms with Gasteiger partial charge in [0.1, 0.15) is 5.75 Å². The van der Waals surface area contributed by atoms with Crippen LogP contribution in [0.25, 0.3) is 0 Å². The highest BCUT2D eigenvalue weighted by Gasteiger charge is 2.31. The van der Waals surface area contributed by atoms with Gasteiger partial charge in [-0.3, -0.25) is 0 Å². The van der Waals surface area contributed by atoms with E-state index >= 15 is 0 Å². The third-order valence-electron chi connectivity index (χ3n) is 3.83. The van der Waals surface area contributed by atoms with Gasteiger partial charge >= 0.3 is 0 Å². The fourth-order valence-electron chi connectivity index (χ4n) is 2.76. The molecular weight excluding hydrogens is 276 g/mol. The van der Waals surface area contributed by atoms with E-state index in [1.54, 1.807) is 19.2 Å². The molecule has 1 aromatic rings. The van der Waals surface area contributed by atoms with Crippen molar-refractivity contribution in [2.24, 2.45) is 10.6 Å². The lowest BCUT2D eigenvalue weighted by Crippen LogP contribution is -2.19. The molecule has 1 fully saturated rings. The zero-order valence-electron chi connectivity index (χ0n) is 12.1. The van der Waals surface area contributed by atoms with Crippen LogP contribution >= 0.6 is 0 Å². The zero-order chi connectivity index (χ0) is 15.0. The van der Waals surface area contributed by atoms with Gasteiger partial charge in [-0.25, -0.2) is 13.6 Å². The van der Waals surface area contributed by atoms with Crippen LogP contribution in [0.15, 0.2) is 23.1 Å². The average Bonchev–Trinajstić information content (AvgIpc) is 2.67. The number of hydrogen-bond donors (Lipinski definition) is 2. The molecule has 1 unspecified atom stereocenters. The number of methoxy groups -OCH3 is 1. The van der Waals surface area contributed by atoms with Gasteiger partial charge in [-0.05, 0) is 42.9 Å². The predicted molar refractivity (Wildman–Crippen MR) is 79.4 cm³/mol. The molecular formula is C14H22N2O3S. The fraction of sp³-hybridized carbons (Fsp3) is 0.571. The van der Waals surface area contributed by atoms with Crippen molar-refractivity contribution in [3.8, 4) is 5.75 Å². The Morgan fingerprint density at radius 3 is 2.60 bits per heavy atom. The van der Waals surface area contributed by atoms with Crippen LogP contribution in [-0.4, -0.2) is 21.6 Å². The molecule has 1 saturated carbocycles. The van der Waals surface area contributed by atoms with Crippen molar-refractivity contribution >= 4 is 15.7 Å². The topological polar surface area (TPSA) is 81.4 Å². The summed E-state index contributed by atoms with van der Waals surface area (Å²) in [5.41, 5.74) is 1.00. The third-order valence-corrected chi connectivity index (χ3v) is 4.74. The van der Waals surface area contributed by atoms with Crippen LogP contribution in [0.3, 0.4) is 0 Å². The Morgan fingerprint density at radius 1 is 1.40 bits per heavy atom. The fourth-order valence-corrected chi connectivity index (χ4v) is 3.30. The summed E-state index contributed by atoms with van der Waals surface area (Å²) >= 11 is 0. The number of anilines is 1. The van der Waals surface area contributed by atoms with E-state index in [0.717, 1.165) is 19.3 Å². The molecule has 0 aliphatic heterocycles. The SMILES string of the molecule is COc1ccc(S(N)(=O)=O)cc1NC1CCC(C)(C)C1. The molecule has 1 aliphatic carbocycles. The maximum absolute atomic E-state index is 11.4. The summed E-state index contributed by atoms with van der Waals surface area (Å²) in [7, 11) is -2.14. The Labute approximate surface area is 120 Å². The zero-order valence-corrected chi connectivity index (χ0v) is 13.0. The van der Waals surface area contributed by atoms with Crippen LogP contribution in [0.1, 0.15) is 33.1 Å². The van der Waals surface area contributed by atoms with Crippen molar-refractivity contribution in [2.45, 2.75) is 44.0 Å². The van der Waals surface area contributed by atoms with Gasteiger partial charge in [0.25, 0.3) is 0 Å². The maximum Gasteiger partial charge on any atom is 0.238 e. The van der Waals surface area contributed by atoms with Gasteiger partial charge in [-0.1, -0.05) is 13.8 Å². The van der Waals surface area contributed by atoms with E-state index in [0.29, 0.717) is 22.9 Å². The summed E-state index contributed by atoms with van der Waals surface area (Å²) in [6.07, 6.45) is 3.27. The summed E-state index contributed by atoms with van der Waals surface area (Å²) in [4.78, 5) is 0.0954. The van der Waals surface area contributed by atoms with Crippen LogP contribution in [0.2, 0.25) is 0 Å². The van der Waals surface area contributed by atoms with Crippen molar-refractivity contribution < 1.29 is 13.2 Å². The third kappa shape index (κ3) is 3.43. The highest BCUT2D eigenvalue weighted by molar-refractivity contribution is 7.89. The van der Waals surface area contributed by atoms with Crippen LogP contribution in [0, 0.1) is 5.41 Å². The minimum Gasteiger partial charge on any atom is -0.495 e. The second-order valence-electron chi connectivity index (χ2n) is 6.16. The van der Waals surface area contributed by atoms with Crippen molar-refractivity contribution in [2.75, 3.05) is 12.4 Å². The van der Waals surface area contributed by atoms with E-state index in [2.05, 4.69) is 19.2 Å². The quantitative estimate of drug-likeness (QED) is 0.894. The summed E-state index contributed by atoms with van der Waals surface area (Å²) in [5, 5.41) is 8.56. The second kappa shape index (κ2) is 5.26. The van der Waals surface area contributed by atoms with E-state index in [1.807, 2.05) is 0 Å². The number of rotatable bonds is 4. The lowest BCUT2D eigenvalue weighted by atomic mass is 9.92. The number of hydrogen-bond acceptors (Lipinski definition) is 4. The Hall–Kier alpha value is -1.27. The number of nitrogens with one attached hydrogen (secondary N) is 1. The van der Waals surface area contributed by atoms with Gasteiger partial charge < -0.3 is 10.1 Å². The Bertz CT molecular complexity index is 596. The van der Waals surface area contributed by atoms with Gasteiger partial charge in [0.15, 0.2) is 0 Å². The van der Waals surface area contributed by atoms with Gasteiger partial charge in [-0.2, -0.15) is 0 Å². The molecule has 6 heteroatoms. The standard InChI is InChI=1S/C14H22N2O3S/c1-14(2)7-6-10(9-14)16-12-8-11(20(15,17)18)4-5-13(12)19-3/h4-5,8,10,16H,6-7,9H2,1-3H3,(H2,15,17,18). The number of primary sulfonamides is 1. The first-order chi connectivity index (χ1) is 9.21. The molecule has 112 valence electrons. The van der Waals surface area contributed by atoms with Crippen molar-refractivity contribution in [3.05, 3.63) is 18.2 Å². The molecule has 20 heavy (non-hydrogen) atoms. The molecule has 1 aromatic carbocycles. The van der Waals surface area contributed by atoms with E-state index in [-0.39, 0.29) is 4.90 Å². The first-order valence-electron chi connectivity index (χ1n) is 6.69. The molecule has 0 amide bonds. The van der Waals surface area contributed by atoms with Crippen molar-refractivity contribution in [1.82, 2.24) is 0 Å². The average molecular weight is 298 g/mol. The molecule has 0 spiro atoms. The van der Waals surface area contributed by atoms with Crippen molar-refractivity contribution in [3.63, 3.8) is 0 Å².